The molecule has 0 unspecified atom stereocenters. The fourth-order valence-electron chi connectivity index (χ4n) is 4.65. The van der Waals surface area contributed by atoms with Gasteiger partial charge < -0.3 is 19.2 Å². The Balaban J connectivity index is 1.38. The first-order valence-electron chi connectivity index (χ1n) is 13.3. The third kappa shape index (κ3) is 6.35. The third-order valence-electron chi connectivity index (χ3n) is 6.64. The first-order valence-corrected chi connectivity index (χ1v) is 14.1. The number of nitrogens with one attached hydrogen (secondary N) is 2. The van der Waals surface area contributed by atoms with Crippen LogP contribution >= 0.6 is 23.2 Å². The van der Waals surface area contributed by atoms with Crippen LogP contribution in [-0.2, 0) is 0 Å². The molecular formula is C33H27Cl2N3O5. The van der Waals surface area contributed by atoms with Crippen molar-refractivity contribution in [1.29, 1.82) is 0 Å². The highest BCUT2D eigenvalue weighted by Gasteiger charge is 2.22. The predicted molar refractivity (Wildman–Crippen MR) is 169 cm³/mol. The summed E-state index contributed by atoms with van der Waals surface area (Å²) in [5, 5.41) is 5.94. The number of aromatic nitrogens is 1. The topological polar surface area (TPSA) is 102 Å². The van der Waals surface area contributed by atoms with Crippen LogP contribution in [0.25, 0.3) is 22.0 Å². The van der Waals surface area contributed by atoms with Gasteiger partial charge in [0.1, 0.15) is 17.0 Å². The Bertz CT molecular complexity index is 1870. The summed E-state index contributed by atoms with van der Waals surface area (Å²) in [4.78, 5) is 29.5. The lowest BCUT2D eigenvalue weighted by molar-refractivity contribution is 0.0724. The number of hydrogen-bond donors (Lipinski definition) is 2. The van der Waals surface area contributed by atoms with Gasteiger partial charge in [0.05, 0.1) is 19.9 Å². The number of fused-ring (bicyclic) bond motifs is 1. The molecule has 2 N–H and O–H groups in total. The molecule has 0 saturated carbocycles. The van der Waals surface area contributed by atoms with Gasteiger partial charge >= 0.3 is 5.97 Å². The molecule has 5 rings (SSSR count). The van der Waals surface area contributed by atoms with Crippen LogP contribution in [0.2, 0.25) is 10.0 Å². The van der Waals surface area contributed by atoms with Crippen molar-refractivity contribution in [3.63, 3.8) is 0 Å². The summed E-state index contributed by atoms with van der Waals surface area (Å²) in [7, 11) is 1.45. The molecule has 1 amide bonds. The summed E-state index contributed by atoms with van der Waals surface area (Å²) < 4.78 is 16.6. The van der Waals surface area contributed by atoms with E-state index < -0.39 is 11.9 Å². The van der Waals surface area contributed by atoms with E-state index in [0.29, 0.717) is 45.0 Å². The fourth-order valence-corrected chi connectivity index (χ4v) is 5.05. The van der Waals surface area contributed by atoms with Gasteiger partial charge in [0.25, 0.3) is 5.91 Å². The summed E-state index contributed by atoms with van der Waals surface area (Å²) in [6, 6.07) is 22.8. The smallest absolute Gasteiger partial charge is 0.347 e. The van der Waals surface area contributed by atoms with Crippen molar-refractivity contribution in [3.05, 3.63) is 111 Å². The molecule has 4 aromatic carbocycles. The maximum absolute atomic E-state index is 13.4. The molecule has 43 heavy (non-hydrogen) atoms. The number of halogens is 2. The van der Waals surface area contributed by atoms with E-state index >= 15 is 0 Å². The molecule has 1 aromatic heterocycles. The van der Waals surface area contributed by atoms with Crippen molar-refractivity contribution >= 4 is 52.2 Å². The number of rotatable bonds is 9. The lowest BCUT2D eigenvalue weighted by Crippen LogP contribution is -2.19. The Morgan fingerprint density at radius 2 is 1.74 bits per heavy atom. The first-order chi connectivity index (χ1) is 20.8. The Morgan fingerprint density at radius 1 is 0.953 bits per heavy atom. The molecule has 0 bridgehead atoms. The van der Waals surface area contributed by atoms with Crippen LogP contribution in [0.4, 0.5) is 0 Å². The van der Waals surface area contributed by atoms with Crippen LogP contribution < -0.4 is 19.6 Å². The number of ether oxygens (including phenoxy) is 3. The Kier molecular flexibility index (Phi) is 8.99. The number of aromatic amines is 1. The maximum Gasteiger partial charge on any atom is 0.347 e. The van der Waals surface area contributed by atoms with E-state index in [-0.39, 0.29) is 11.3 Å². The summed E-state index contributed by atoms with van der Waals surface area (Å²) in [6.45, 7) is 4.11. The van der Waals surface area contributed by atoms with E-state index in [1.807, 2.05) is 50.2 Å². The summed E-state index contributed by atoms with van der Waals surface area (Å²) in [5.74, 6) is -0.244. The number of para-hydroxylation sites is 1. The summed E-state index contributed by atoms with van der Waals surface area (Å²) in [6.07, 6.45) is 1.47. The molecule has 1 heterocycles. The second-order valence-corrected chi connectivity index (χ2v) is 10.3. The van der Waals surface area contributed by atoms with E-state index in [1.54, 1.807) is 36.4 Å². The van der Waals surface area contributed by atoms with Crippen molar-refractivity contribution in [1.82, 2.24) is 10.4 Å². The minimum absolute atomic E-state index is 0.175. The van der Waals surface area contributed by atoms with Crippen LogP contribution in [0.15, 0.2) is 84.0 Å². The normalized spacial score (nSPS) is 11.1. The highest BCUT2D eigenvalue weighted by Crippen LogP contribution is 2.37. The number of benzene rings is 4. The second kappa shape index (κ2) is 13.0. The molecule has 0 radical (unpaired) electrons. The molecule has 0 aliphatic rings. The van der Waals surface area contributed by atoms with Crippen LogP contribution in [0.3, 0.4) is 0 Å². The molecule has 8 nitrogen and oxygen atoms in total. The lowest BCUT2D eigenvalue weighted by Gasteiger charge is -2.13. The molecule has 218 valence electrons. The number of H-pyrrole nitrogens is 1. The zero-order valence-corrected chi connectivity index (χ0v) is 25.0. The molecule has 0 fully saturated rings. The zero-order valence-electron chi connectivity index (χ0n) is 23.5. The van der Waals surface area contributed by atoms with Crippen molar-refractivity contribution in [3.8, 4) is 28.4 Å². The quantitative estimate of drug-likeness (QED) is 0.0761. The van der Waals surface area contributed by atoms with E-state index in [1.165, 1.54) is 19.4 Å². The van der Waals surface area contributed by atoms with Gasteiger partial charge in [-0.25, -0.2) is 10.2 Å². The van der Waals surface area contributed by atoms with Crippen LogP contribution in [-0.4, -0.2) is 36.8 Å². The van der Waals surface area contributed by atoms with Crippen molar-refractivity contribution < 1.29 is 23.8 Å². The molecule has 0 atom stereocenters. The molecule has 0 aliphatic carbocycles. The van der Waals surface area contributed by atoms with Gasteiger partial charge in [-0.1, -0.05) is 59.6 Å². The molecule has 0 spiro atoms. The van der Waals surface area contributed by atoms with E-state index in [9.17, 15) is 9.59 Å². The number of nitrogens with zero attached hydrogens (tertiary/aromatic N) is 1. The van der Waals surface area contributed by atoms with Gasteiger partial charge in [-0.3, -0.25) is 4.79 Å². The lowest BCUT2D eigenvalue weighted by atomic mass is 10.0. The summed E-state index contributed by atoms with van der Waals surface area (Å²) >= 11 is 12.6. The number of methoxy groups -OCH3 is 1. The third-order valence-corrected chi connectivity index (χ3v) is 7.21. The van der Waals surface area contributed by atoms with Gasteiger partial charge in [0.15, 0.2) is 11.5 Å². The first kappa shape index (κ1) is 29.7. The van der Waals surface area contributed by atoms with Crippen LogP contribution in [0, 0.1) is 6.92 Å². The number of carbonyl (C=O) groups is 2. The number of amides is 1. The molecule has 5 aromatic rings. The maximum atomic E-state index is 13.4. The number of hydrazone groups is 1. The second-order valence-electron chi connectivity index (χ2n) is 9.42. The Hall–Kier alpha value is -4.79. The van der Waals surface area contributed by atoms with Crippen LogP contribution in [0.1, 0.15) is 38.9 Å². The van der Waals surface area contributed by atoms with Gasteiger partial charge in [-0.15, -0.1) is 0 Å². The largest absolute Gasteiger partial charge is 0.496 e. The van der Waals surface area contributed by atoms with Gasteiger partial charge in [-0.2, -0.15) is 5.10 Å². The fraction of sp³-hybridized carbons (Fsp3) is 0.121. The average molecular weight is 617 g/mol. The van der Waals surface area contributed by atoms with Crippen molar-refractivity contribution in [2.45, 2.75) is 13.8 Å². The number of aryl methyl sites for hydroxylation is 1. The highest BCUT2D eigenvalue weighted by molar-refractivity contribution is 6.34. The average Bonchev–Trinajstić information content (AvgIpc) is 3.39. The number of carbonyl (C=O) groups excluding carboxylic acids is 2. The van der Waals surface area contributed by atoms with Gasteiger partial charge in [-0.05, 0) is 67.4 Å². The monoisotopic (exact) mass is 615 g/mol. The molecule has 0 saturated heterocycles. The van der Waals surface area contributed by atoms with Gasteiger partial charge in [0.2, 0.25) is 0 Å². The predicted octanol–water partition coefficient (Wildman–Crippen LogP) is 7.84. The minimum atomic E-state index is -0.656. The SMILES string of the molecule is CCOc1cc(C=NNC(=O)c2[nH]c3c(C)cccc3c2-c2ccccc2Cl)ccc1OC(=O)c1cc(Cl)ccc1OC. The molecule has 10 heteroatoms. The number of esters is 1. The standard InChI is InChI=1S/C33H27Cl2N3O5/c1-4-42-28-16-20(12-14-27(28)43-33(40)24-17-21(34)13-15-26(24)41-3)18-36-38-32(39)31-29(22-9-5-6-11-25(22)35)23-10-7-8-19(2)30(23)37-31/h5-18,37H,4H2,1-3H3,(H,38,39). The molecular weight excluding hydrogens is 589 g/mol. The zero-order chi connectivity index (χ0) is 30.5. The van der Waals surface area contributed by atoms with Crippen molar-refractivity contribution in [2.24, 2.45) is 5.10 Å². The van der Waals surface area contributed by atoms with Gasteiger partial charge in [0, 0.05) is 32.1 Å². The van der Waals surface area contributed by atoms with Crippen molar-refractivity contribution in [2.75, 3.05) is 13.7 Å². The summed E-state index contributed by atoms with van der Waals surface area (Å²) in [5.41, 5.74) is 6.97. The van der Waals surface area contributed by atoms with E-state index in [0.717, 1.165) is 22.0 Å². The van der Waals surface area contributed by atoms with E-state index in [2.05, 4.69) is 15.5 Å². The Morgan fingerprint density at radius 3 is 2.51 bits per heavy atom. The van der Waals surface area contributed by atoms with Crippen LogP contribution in [0.5, 0.6) is 17.2 Å². The van der Waals surface area contributed by atoms with E-state index in [4.69, 9.17) is 37.4 Å². The number of hydrogen-bond acceptors (Lipinski definition) is 6. The highest BCUT2D eigenvalue weighted by atomic mass is 35.5. The molecule has 0 aliphatic heterocycles. The Labute approximate surface area is 258 Å². The minimum Gasteiger partial charge on any atom is -0.496 e.